The molecule has 0 spiro atoms. The lowest BCUT2D eigenvalue weighted by molar-refractivity contribution is -0.123. The molecule has 108 valence electrons. The highest BCUT2D eigenvalue weighted by Crippen LogP contribution is 2.53. The van der Waals surface area contributed by atoms with E-state index in [4.69, 9.17) is 0 Å². The van der Waals surface area contributed by atoms with Crippen molar-refractivity contribution in [3.8, 4) is 0 Å². The van der Waals surface area contributed by atoms with E-state index in [2.05, 4.69) is 17.6 Å². The molecule has 4 saturated carbocycles. The maximum atomic E-state index is 12.0. The molecule has 0 aromatic heterocycles. The molecule has 4 rings (SSSR count). The normalized spacial score (nSPS) is 41.3. The van der Waals surface area contributed by atoms with Gasteiger partial charge < -0.3 is 10.6 Å². The number of amides is 1. The summed E-state index contributed by atoms with van der Waals surface area (Å²) in [5.74, 6) is 3.88. The van der Waals surface area contributed by atoms with Gasteiger partial charge in [-0.3, -0.25) is 4.79 Å². The van der Waals surface area contributed by atoms with E-state index in [1.807, 2.05) is 6.92 Å². The van der Waals surface area contributed by atoms with Crippen LogP contribution in [-0.2, 0) is 4.79 Å². The van der Waals surface area contributed by atoms with E-state index in [1.54, 1.807) is 0 Å². The average molecular weight is 264 g/mol. The molecule has 2 N–H and O–H groups in total. The van der Waals surface area contributed by atoms with Crippen LogP contribution < -0.4 is 10.6 Å². The van der Waals surface area contributed by atoms with Gasteiger partial charge in [0.15, 0.2) is 0 Å². The van der Waals surface area contributed by atoms with E-state index in [9.17, 15) is 4.79 Å². The van der Waals surface area contributed by atoms with Crippen molar-refractivity contribution >= 4 is 5.91 Å². The van der Waals surface area contributed by atoms with E-state index in [-0.39, 0.29) is 11.9 Å². The summed E-state index contributed by atoms with van der Waals surface area (Å²) in [6.07, 6.45) is 8.15. The molecule has 1 unspecified atom stereocenters. The first-order valence-corrected chi connectivity index (χ1v) is 8.21. The lowest BCUT2D eigenvalue weighted by Gasteiger charge is -2.55. The molecule has 4 aliphatic carbocycles. The van der Waals surface area contributed by atoms with E-state index in [1.165, 1.54) is 32.1 Å². The number of carbonyl (C=O) groups excluding carboxylic acids is 1. The Morgan fingerprint density at radius 1 is 1.11 bits per heavy atom. The second kappa shape index (κ2) is 5.43. The summed E-state index contributed by atoms with van der Waals surface area (Å²) >= 11 is 0. The third-order valence-corrected chi connectivity index (χ3v) is 5.61. The number of hydrogen-bond donors (Lipinski definition) is 2. The van der Waals surface area contributed by atoms with Gasteiger partial charge in [-0.25, -0.2) is 0 Å². The zero-order valence-corrected chi connectivity index (χ0v) is 12.3. The van der Waals surface area contributed by atoms with Gasteiger partial charge in [-0.2, -0.15) is 0 Å². The SMILES string of the molecule is CCCNC(=O)C(C)NC1C2CC3CC(C2)CC1C3. The molecule has 0 aromatic rings. The van der Waals surface area contributed by atoms with Crippen LogP contribution >= 0.6 is 0 Å². The highest BCUT2D eigenvalue weighted by Gasteiger charge is 2.48. The standard InChI is InChI=1S/C16H28N2O/c1-3-4-17-16(19)10(2)18-15-13-6-11-5-12(8-13)9-14(15)7-11/h10-15,18H,3-9H2,1-2H3,(H,17,19). The quantitative estimate of drug-likeness (QED) is 0.800. The molecule has 1 atom stereocenters. The molecule has 19 heavy (non-hydrogen) atoms. The molecule has 1 amide bonds. The van der Waals surface area contributed by atoms with Crippen LogP contribution in [0.1, 0.15) is 52.4 Å². The van der Waals surface area contributed by atoms with Gasteiger partial charge in [0.2, 0.25) is 5.91 Å². The van der Waals surface area contributed by atoms with Crippen molar-refractivity contribution in [1.29, 1.82) is 0 Å². The Kier molecular flexibility index (Phi) is 3.84. The Bertz CT molecular complexity index is 314. The first-order valence-electron chi connectivity index (χ1n) is 8.21. The molecule has 0 heterocycles. The minimum Gasteiger partial charge on any atom is -0.355 e. The smallest absolute Gasteiger partial charge is 0.236 e. The highest BCUT2D eigenvalue weighted by atomic mass is 16.2. The predicted octanol–water partition coefficient (Wildman–Crippen LogP) is 2.32. The first kappa shape index (κ1) is 13.4. The maximum Gasteiger partial charge on any atom is 0.236 e. The number of carbonyl (C=O) groups is 1. The third-order valence-electron chi connectivity index (χ3n) is 5.61. The third kappa shape index (κ3) is 2.67. The average Bonchev–Trinajstić information content (AvgIpc) is 2.39. The molecule has 0 saturated heterocycles. The van der Waals surface area contributed by atoms with E-state index in [0.29, 0.717) is 6.04 Å². The lowest BCUT2D eigenvalue weighted by atomic mass is 9.54. The molecule has 4 bridgehead atoms. The predicted molar refractivity (Wildman–Crippen MR) is 76.7 cm³/mol. The fourth-order valence-electron chi connectivity index (χ4n) is 4.96. The van der Waals surface area contributed by atoms with Gasteiger partial charge in [-0.05, 0) is 69.1 Å². The molecular weight excluding hydrogens is 236 g/mol. The van der Waals surface area contributed by atoms with Gasteiger partial charge in [-0.1, -0.05) is 6.92 Å². The van der Waals surface area contributed by atoms with Gasteiger partial charge in [0.05, 0.1) is 6.04 Å². The van der Waals surface area contributed by atoms with Crippen molar-refractivity contribution in [2.24, 2.45) is 23.7 Å². The Balaban J connectivity index is 1.56. The highest BCUT2D eigenvalue weighted by molar-refractivity contribution is 5.81. The summed E-state index contributed by atoms with van der Waals surface area (Å²) < 4.78 is 0. The minimum atomic E-state index is -0.0333. The molecule has 0 radical (unpaired) electrons. The lowest BCUT2D eigenvalue weighted by Crippen LogP contribution is -2.58. The minimum absolute atomic E-state index is 0.0333. The van der Waals surface area contributed by atoms with Crippen molar-refractivity contribution in [3.05, 3.63) is 0 Å². The molecule has 3 heteroatoms. The summed E-state index contributed by atoms with van der Waals surface area (Å²) in [4.78, 5) is 12.0. The van der Waals surface area contributed by atoms with Gasteiger partial charge in [0.25, 0.3) is 0 Å². The van der Waals surface area contributed by atoms with Gasteiger partial charge >= 0.3 is 0 Å². The second-order valence-electron chi connectivity index (χ2n) is 7.14. The fraction of sp³-hybridized carbons (Fsp3) is 0.938. The van der Waals surface area contributed by atoms with Crippen LogP contribution in [0.3, 0.4) is 0 Å². The Hall–Kier alpha value is -0.570. The topological polar surface area (TPSA) is 41.1 Å². The van der Waals surface area contributed by atoms with E-state index in [0.717, 1.165) is 36.6 Å². The van der Waals surface area contributed by atoms with Crippen molar-refractivity contribution in [2.75, 3.05) is 6.54 Å². The summed E-state index contributed by atoms with van der Waals surface area (Å²) in [7, 11) is 0. The summed E-state index contributed by atoms with van der Waals surface area (Å²) in [5, 5.41) is 6.66. The molecule has 0 aliphatic heterocycles. The van der Waals surface area contributed by atoms with Crippen molar-refractivity contribution in [3.63, 3.8) is 0 Å². The first-order chi connectivity index (χ1) is 9.17. The fourth-order valence-corrected chi connectivity index (χ4v) is 4.96. The second-order valence-corrected chi connectivity index (χ2v) is 7.14. The summed E-state index contributed by atoms with van der Waals surface area (Å²) in [5.41, 5.74) is 0. The number of rotatable bonds is 5. The number of hydrogen-bond acceptors (Lipinski definition) is 2. The van der Waals surface area contributed by atoms with Crippen LogP contribution in [0, 0.1) is 23.7 Å². The maximum absolute atomic E-state index is 12.0. The van der Waals surface area contributed by atoms with Crippen LogP contribution in [0.2, 0.25) is 0 Å². The zero-order chi connectivity index (χ0) is 13.4. The van der Waals surface area contributed by atoms with Crippen LogP contribution in [0.5, 0.6) is 0 Å². The summed E-state index contributed by atoms with van der Waals surface area (Å²) in [6.45, 7) is 4.92. The Morgan fingerprint density at radius 3 is 2.21 bits per heavy atom. The Labute approximate surface area is 116 Å². The molecule has 4 fully saturated rings. The van der Waals surface area contributed by atoms with Crippen LogP contribution in [-0.4, -0.2) is 24.5 Å². The van der Waals surface area contributed by atoms with E-state index >= 15 is 0 Å². The number of nitrogens with one attached hydrogen (secondary N) is 2. The van der Waals surface area contributed by atoms with E-state index < -0.39 is 0 Å². The van der Waals surface area contributed by atoms with Crippen LogP contribution in [0.4, 0.5) is 0 Å². The molecule has 4 aliphatic rings. The monoisotopic (exact) mass is 264 g/mol. The van der Waals surface area contributed by atoms with Crippen molar-refractivity contribution < 1.29 is 4.79 Å². The largest absolute Gasteiger partial charge is 0.355 e. The molecule has 0 aromatic carbocycles. The van der Waals surface area contributed by atoms with Crippen molar-refractivity contribution in [2.45, 2.75) is 64.5 Å². The molecule has 3 nitrogen and oxygen atoms in total. The molecular formula is C16H28N2O. The van der Waals surface area contributed by atoms with Crippen molar-refractivity contribution in [1.82, 2.24) is 10.6 Å². The zero-order valence-electron chi connectivity index (χ0n) is 12.3. The van der Waals surface area contributed by atoms with Gasteiger partial charge in [-0.15, -0.1) is 0 Å². The van der Waals surface area contributed by atoms with Gasteiger partial charge in [0, 0.05) is 12.6 Å². The summed E-state index contributed by atoms with van der Waals surface area (Å²) in [6, 6.07) is 0.573. The van der Waals surface area contributed by atoms with Gasteiger partial charge in [0.1, 0.15) is 0 Å². The Morgan fingerprint density at radius 2 is 1.68 bits per heavy atom. The van der Waals surface area contributed by atoms with Crippen LogP contribution in [0.15, 0.2) is 0 Å². The van der Waals surface area contributed by atoms with Crippen LogP contribution in [0.25, 0.3) is 0 Å².